The molecular formula is C15H22ClN3O2. The van der Waals surface area contributed by atoms with E-state index in [-0.39, 0.29) is 6.03 Å². The van der Waals surface area contributed by atoms with Crippen LogP contribution in [0, 0.1) is 0 Å². The fourth-order valence-corrected chi connectivity index (χ4v) is 2.40. The minimum atomic E-state index is -0.0283. The van der Waals surface area contributed by atoms with Gasteiger partial charge in [-0.25, -0.2) is 4.79 Å². The Hall–Kier alpha value is -1.46. The molecule has 0 aromatic heterocycles. The molecule has 0 saturated carbocycles. The Bertz CT molecular complexity index is 494. The van der Waals surface area contributed by atoms with Crippen molar-refractivity contribution < 1.29 is 9.53 Å². The summed E-state index contributed by atoms with van der Waals surface area (Å²) in [5.41, 5.74) is 1.03. The van der Waals surface area contributed by atoms with Gasteiger partial charge in [-0.1, -0.05) is 37.6 Å². The summed E-state index contributed by atoms with van der Waals surface area (Å²) in [5, 5.41) is 6.72. The van der Waals surface area contributed by atoms with Gasteiger partial charge in [-0.2, -0.15) is 0 Å². The average molecular weight is 312 g/mol. The molecule has 1 fully saturated rings. The third-order valence-electron chi connectivity index (χ3n) is 3.30. The Morgan fingerprint density at radius 2 is 2.29 bits per heavy atom. The van der Waals surface area contributed by atoms with Gasteiger partial charge in [0.25, 0.3) is 0 Å². The zero-order chi connectivity index (χ0) is 15.2. The molecule has 1 saturated heterocycles. The van der Waals surface area contributed by atoms with Gasteiger partial charge in [0.05, 0.1) is 11.6 Å². The van der Waals surface area contributed by atoms with Crippen LogP contribution >= 0.6 is 11.6 Å². The van der Waals surface area contributed by atoms with Crippen molar-refractivity contribution in [3.63, 3.8) is 0 Å². The van der Waals surface area contributed by atoms with Crippen LogP contribution in [0.25, 0.3) is 0 Å². The van der Waals surface area contributed by atoms with Gasteiger partial charge in [-0.3, -0.25) is 0 Å². The Balaban J connectivity index is 1.93. The number of carbonyl (C=O) groups excluding carboxylic acids is 1. The van der Waals surface area contributed by atoms with E-state index >= 15 is 0 Å². The largest absolute Gasteiger partial charge is 0.490 e. The second kappa shape index (κ2) is 7.52. The molecule has 1 aliphatic heterocycles. The fourth-order valence-electron chi connectivity index (χ4n) is 2.15. The zero-order valence-electron chi connectivity index (χ0n) is 12.5. The maximum absolute atomic E-state index is 11.5. The van der Waals surface area contributed by atoms with E-state index in [9.17, 15) is 4.79 Å². The molecule has 0 radical (unpaired) electrons. The van der Waals surface area contributed by atoms with E-state index in [0.29, 0.717) is 43.1 Å². The first-order chi connectivity index (χ1) is 10.1. The van der Waals surface area contributed by atoms with E-state index in [1.54, 1.807) is 4.90 Å². The maximum atomic E-state index is 11.5. The molecular weight excluding hydrogens is 290 g/mol. The smallest absolute Gasteiger partial charge is 0.317 e. The van der Waals surface area contributed by atoms with Crippen LogP contribution in [0.3, 0.4) is 0 Å². The van der Waals surface area contributed by atoms with Crippen LogP contribution < -0.4 is 15.4 Å². The summed E-state index contributed by atoms with van der Waals surface area (Å²) in [7, 11) is 0. The second-order valence-corrected chi connectivity index (χ2v) is 5.74. The summed E-state index contributed by atoms with van der Waals surface area (Å²) in [6.45, 7) is 7.33. The molecule has 2 N–H and O–H groups in total. The van der Waals surface area contributed by atoms with Crippen molar-refractivity contribution in [3.05, 3.63) is 28.8 Å². The number of benzene rings is 1. The number of rotatable bonds is 7. The summed E-state index contributed by atoms with van der Waals surface area (Å²) in [6.07, 6.45) is 0. The first kappa shape index (κ1) is 15.9. The molecule has 0 spiro atoms. The maximum Gasteiger partial charge on any atom is 0.317 e. The number of amides is 2. The van der Waals surface area contributed by atoms with Crippen molar-refractivity contribution in [1.29, 1.82) is 0 Å². The summed E-state index contributed by atoms with van der Waals surface area (Å²) in [6, 6.07) is 6.10. The van der Waals surface area contributed by atoms with Crippen LogP contribution in [0.15, 0.2) is 18.2 Å². The number of para-hydroxylation sites is 1. The first-order valence-electron chi connectivity index (χ1n) is 7.24. The highest BCUT2D eigenvalue weighted by Crippen LogP contribution is 2.28. The summed E-state index contributed by atoms with van der Waals surface area (Å²) in [5.74, 6) is 0.701. The van der Waals surface area contributed by atoms with Crippen molar-refractivity contribution >= 4 is 17.6 Å². The molecule has 0 aliphatic carbocycles. The number of carbonyl (C=O) groups is 1. The Kier molecular flexibility index (Phi) is 5.70. The first-order valence-corrected chi connectivity index (χ1v) is 7.62. The van der Waals surface area contributed by atoms with Crippen molar-refractivity contribution in [2.45, 2.75) is 26.4 Å². The minimum absolute atomic E-state index is 0.0283. The quantitative estimate of drug-likeness (QED) is 0.812. The number of urea groups is 1. The molecule has 1 aliphatic rings. The predicted octanol–water partition coefficient (Wildman–Crippen LogP) is 2.24. The lowest BCUT2D eigenvalue weighted by atomic mass is 10.2. The Labute approximate surface area is 130 Å². The lowest BCUT2D eigenvalue weighted by Crippen LogP contribution is -2.32. The highest BCUT2D eigenvalue weighted by Gasteiger charge is 2.19. The van der Waals surface area contributed by atoms with E-state index in [1.807, 2.05) is 18.2 Å². The lowest BCUT2D eigenvalue weighted by molar-refractivity contribution is 0.202. The van der Waals surface area contributed by atoms with Crippen LogP contribution in [-0.2, 0) is 6.54 Å². The molecule has 1 aromatic rings. The van der Waals surface area contributed by atoms with Gasteiger partial charge in [0.1, 0.15) is 12.4 Å². The molecule has 0 atom stereocenters. The second-order valence-electron chi connectivity index (χ2n) is 5.33. The Morgan fingerprint density at radius 3 is 2.95 bits per heavy atom. The minimum Gasteiger partial charge on any atom is -0.490 e. The number of nitrogens with zero attached hydrogens (tertiary/aromatic N) is 1. The van der Waals surface area contributed by atoms with Crippen LogP contribution in [0.5, 0.6) is 5.75 Å². The molecule has 0 bridgehead atoms. The molecule has 0 unspecified atom stereocenters. The fraction of sp³-hybridized carbons (Fsp3) is 0.533. The van der Waals surface area contributed by atoms with Crippen molar-refractivity contribution in [1.82, 2.24) is 15.5 Å². The number of hydrogen-bond donors (Lipinski definition) is 2. The molecule has 2 amide bonds. The van der Waals surface area contributed by atoms with Crippen molar-refractivity contribution in [3.8, 4) is 5.75 Å². The third kappa shape index (κ3) is 4.51. The molecule has 2 rings (SSSR count). The number of halogens is 1. The number of ether oxygens (including phenoxy) is 1. The summed E-state index contributed by atoms with van der Waals surface area (Å²) >= 11 is 6.22. The van der Waals surface area contributed by atoms with E-state index in [2.05, 4.69) is 24.5 Å². The molecule has 1 aromatic carbocycles. The van der Waals surface area contributed by atoms with Gasteiger partial charge in [-0.15, -0.1) is 0 Å². The number of nitrogens with one attached hydrogen (secondary N) is 2. The highest BCUT2D eigenvalue weighted by atomic mass is 35.5. The molecule has 6 heteroatoms. The van der Waals surface area contributed by atoms with Gasteiger partial charge in [0, 0.05) is 31.2 Å². The highest BCUT2D eigenvalue weighted by molar-refractivity contribution is 6.32. The van der Waals surface area contributed by atoms with Crippen molar-refractivity contribution in [2.75, 3.05) is 26.2 Å². The SMILES string of the molecule is CC(C)NCc1cccc(Cl)c1OCCN1CCNC1=O. The van der Waals surface area contributed by atoms with Crippen LogP contribution in [0.1, 0.15) is 19.4 Å². The zero-order valence-corrected chi connectivity index (χ0v) is 13.2. The molecule has 21 heavy (non-hydrogen) atoms. The number of hydrogen-bond acceptors (Lipinski definition) is 3. The van der Waals surface area contributed by atoms with Crippen LogP contribution in [0.2, 0.25) is 5.02 Å². The van der Waals surface area contributed by atoms with Gasteiger partial charge >= 0.3 is 6.03 Å². The van der Waals surface area contributed by atoms with Gasteiger partial charge in [0.15, 0.2) is 0 Å². The summed E-state index contributed by atoms with van der Waals surface area (Å²) < 4.78 is 5.82. The van der Waals surface area contributed by atoms with E-state index < -0.39 is 0 Å². The van der Waals surface area contributed by atoms with Crippen LogP contribution in [-0.4, -0.2) is 43.2 Å². The lowest BCUT2D eigenvalue weighted by Gasteiger charge is -2.18. The monoisotopic (exact) mass is 311 g/mol. The Morgan fingerprint density at radius 1 is 1.48 bits per heavy atom. The van der Waals surface area contributed by atoms with Gasteiger partial charge < -0.3 is 20.3 Å². The van der Waals surface area contributed by atoms with Gasteiger partial charge in [-0.05, 0) is 6.07 Å². The average Bonchev–Trinajstić information content (AvgIpc) is 2.84. The van der Waals surface area contributed by atoms with Crippen LogP contribution in [0.4, 0.5) is 4.79 Å². The molecule has 1 heterocycles. The van der Waals surface area contributed by atoms with E-state index in [1.165, 1.54) is 0 Å². The molecule has 5 nitrogen and oxygen atoms in total. The predicted molar refractivity (Wildman–Crippen MR) is 83.9 cm³/mol. The van der Waals surface area contributed by atoms with E-state index in [4.69, 9.17) is 16.3 Å². The third-order valence-corrected chi connectivity index (χ3v) is 3.60. The molecule has 116 valence electrons. The topological polar surface area (TPSA) is 53.6 Å². The summed E-state index contributed by atoms with van der Waals surface area (Å²) in [4.78, 5) is 13.2. The van der Waals surface area contributed by atoms with Crippen molar-refractivity contribution in [2.24, 2.45) is 0 Å². The standard InChI is InChI=1S/C15H22ClN3O2/c1-11(2)18-10-12-4-3-5-13(16)14(12)21-9-8-19-7-6-17-15(19)20/h3-5,11,18H,6-10H2,1-2H3,(H,17,20). The van der Waals surface area contributed by atoms with E-state index in [0.717, 1.165) is 12.1 Å². The van der Waals surface area contributed by atoms with Gasteiger partial charge in [0.2, 0.25) is 0 Å². The normalized spacial score (nSPS) is 14.7.